The first-order chi connectivity index (χ1) is 8.15. The van der Waals surface area contributed by atoms with Gasteiger partial charge in [-0.15, -0.1) is 0 Å². The number of rotatable bonds is 5. The van der Waals surface area contributed by atoms with Gasteiger partial charge in [-0.05, 0) is 39.5 Å². The van der Waals surface area contributed by atoms with Gasteiger partial charge >= 0.3 is 0 Å². The Morgan fingerprint density at radius 3 is 2.47 bits per heavy atom. The number of nitrogens with one attached hydrogen (secondary N) is 1. The van der Waals surface area contributed by atoms with E-state index in [9.17, 15) is 4.79 Å². The fraction of sp³-hybridized carbons (Fsp3) is 0.923. The number of hydrogen-bond acceptors (Lipinski definition) is 3. The second kappa shape index (κ2) is 5.83. The van der Waals surface area contributed by atoms with Crippen molar-refractivity contribution in [2.75, 3.05) is 19.7 Å². The van der Waals surface area contributed by atoms with Crippen molar-refractivity contribution in [3.63, 3.8) is 0 Å². The predicted octanol–water partition coefficient (Wildman–Crippen LogP) is 1.15. The maximum atomic E-state index is 11.5. The van der Waals surface area contributed by atoms with Crippen LogP contribution in [0, 0.1) is 0 Å². The zero-order chi connectivity index (χ0) is 12.3. The number of carbonyl (C=O) groups is 1. The van der Waals surface area contributed by atoms with Crippen LogP contribution in [0.1, 0.15) is 39.5 Å². The van der Waals surface area contributed by atoms with Crippen molar-refractivity contribution in [3.8, 4) is 0 Å². The Hall–Kier alpha value is -0.610. The number of piperidine rings is 1. The van der Waals surface area contributed by atoms with Gasteiger partial charge in [0.25, 0.3) is 0 Å². The van der Waals surface area contributed by atoms with Crippen LogP contribution in [0.25, 0.3) is 0 Å². The van der Waals surface area contributed by atoms with E-state index < -0.39 is 0 Å². The molecule has 0 radical (unpaired) electrons. The van der Waals surface area contributed by atoms with Gasteiger partial charge in [0.2, 0.25) is 5.91 Å². The normalized spacial score (nSPS) is 23.0. The molecule has 4 heteroatoms. The monoisotopic (exact) mass is 240 g/mol. The van der Waals surface area contributed by atoms with Gasteiger partial charge in [0.05, 0.1) is 6.10 Å². The molecule has 2 aliphatic rings. The average molecular weight is 240 g/mol. The van der Waals surface area contributed by atoms with Crippen molar-refractivity contribution in [3.05, 3.63) is 0 Å². The highest BCUT2D eigenvalue weighted by molar-refractivity contribution is 5.77. The smallest absolute Gasteiger partial charge is 0.246 e. The van der Waals surface area contributed by atoms with Crippen LogP contribution in [0.3, 0.4) is 0 Å². The maximum Gasteiger partial charge on any atom is 0.246 e. The standard InChI is InChI=1S/C13H24N2O2/c1-10(2)15-7-5-12(6-8-15)17-9-13(16)14-11-3-4-11/h10-12H,3-9H2,1-2H3,(H,14,16). The predicted molar refractivity (Wildman–Crippen MR) is 66.8 cm³/mol. The minimum Gasteiger partial charge on any atom is -0.368 e. The van der Waals surface area contributed by atoms with Crippen molar-refractivity contribution < 1.29 is 9.53 Å². The SMILES string of the molecule is CC(C)N1CCC(OCC(=O)NC2CC2)CC1. The van der Waals surface area contributed by atoms with E-state index in [-0.39, 0.29) is 18.6 Å². The molecule has 98 valence electrons. The van der Waals surface area contributed by atoms with Gasteiger partial charge in [-0.3, -0.25) is 4.79 Å². The molecular weight excluding hydrogens is 216 g/mol. The molecule has 0 unspecified atom stereocenters. The molecular formula is C13H24N2O2. The van der Waals surface area contributed by atoms with Crippen LogP contribution >= 0.6 is 0 Å². The van der Waals surface area contributed by atoms with Crippen LogP contribution in [0.5, 0.6) is 0 Å². The number of amides is 1. The van der Waals surface area contributed by atoms with Crippen LogP contribution < -0.4 is 5.32 Å². The molecule has 2 rings (SSSR count). The Balaban J connectivity index is 1.59. The summed E-state index contributed by atoms with van der Waals surface area (Å²) in [7, 11) is 0. The van der Waals surface area contributed by atoms with Crippen LogP contribution in [0.2, 0.25) is 0 Å². The van der Waals surface area contributed by atoms with Gasteiger partial charge in [-0.25, -0.2) is 0 Å². The number of ether oxygens (including phenoxy) is 1. The summed E-state index contributed by atoms with van der Waals surface area (Å²) in [5, 5.41) is 2.95. The molecule has 1 N–H and O–H groups in total. The quantitative estimate of drug-likeness (QED) is 0.784. The molecule has 0 atom stereocenters. The van der Waals surface area contributed by atoms with Gasteiger partial charge in [0.1, 0.15) is 6.61 Å². The third-order valence-corrected chi connectivity index (χ3v) is 3.60. The van der Waals surface area contributed by atoms with E-state index in [4.69, 9.17) is 4.74 Å². The molecule has 4 nitrogen and oxygen atoms in total. The van der Waals surface area contributed by atoms with E-state index in [2.05, 4.69) is 24.1 Å². The maximum absolute atomic E-state index is 11.5. The highest BCUT2D eigenvalue weighted by atomic mass is 16.5. The molecule has 1 aliphatic heterocycles. The summed E-state index contributed by atoms with van der Waals surface area (Å²) in [5.41, 5.74) is 0. The lowest BCUT2D eigenvalue weighted by atomic mass is 10.1. The first-order valence-corrected chi connectivity index (χ1v) is 6.80. The molecule has 0 aromatic carbocycles. The molecule has 1 aliphatic carbocycles. The Labute approximate surface area is 104 Å². The summed E-state index contributed by atoms with van der Waals surface area (Å²) in [5.74, 6) is 0.0544. The van der Waals surface area contributed by atoms with Crippen molar-refractivity contribution in [2.24, 2.45) is 0 Å². The molecule has 1 heterocycles. The Morgan fingerprint density at radius 1 is 1.29 bits per heavy atom. The Morgan fingerprint density at radius 2 is 1.94 bits per heavy atom. The largest absolute Gasteiger partial charge is 0.368 e. The van der Waals surface area contributed by atoms with E-state index in [1.807, 2.05) is 0 Å². The minimum atomic E-state index is 0.0544. The second-order valence-corrected chi connectivity index (χ2v) is 5.48. The molecule has 2 fully saturated rings. The molecule has 0 aromatic heterocycles. The van der Waals surface area contributed by atoms with Crippen LogP contribution in [-0.4, -0.2) is 48.7 Å². The van der Waals surface area contributed by atoms with Crippen LogP contribution in [-0.2, 0) is 9.53 Å². The highest BCUT2D eigenvalue weighted by Gasteiger charge is 2.25. The topological polar surface area (TPSA) is 41.6 Å². The number of likely N-dealkylation sites (tertiary alicyclic amines) is 1. The van der Waals surface area contributed by atoms with E-state index in [0.29, 0.717) is 12.1 Å². The lowest BCUT2D eigenvalue weighted by Crippen LogP contribution is -2.42. The summed E-state index contributed by atoms with van der Waals surface area (Å²) >= 11 is 0. The summed E-state index contributed by atoms with van der Waals surface area (Å²) < 4.78 is 5.66. The zero-order valence-corrected chi connectivity index (χ0v) is 10.9. The summed E-state index contributed by atoms with van der Waals surface area (Å²) in [6.07, 6.45) is 4.65. The summed E-state index contributed by atoms with van der Waals surface area (Å²) in [4.78, 5) is 13.9. The third kappa shape index (κ3) is 4.28. The van der Waals surface area contributed by atoms with Crippen LogP contribution in [0.15, 0.2) is 0 Å². The van der Waals surface area contributed by atoms with E-state index in [1.165, 1.54) is 0 Å². The van der Waals surface area contributed by atoms with Crippen molar-refractivity contribution in [1.29, 1.82) is 0 Å². The van der Waals surface area contributed by atoms with Crippen LogP contribution in [0.4, 0.5) is 0 Å². The van der Waals surface area contributed by atoms with E-state index >= 15 is 0 Å². The first kappa shape index (κ1) is 12.8. The zero-order valence-electron chi connectivity index (χ0n) is 10.9. The van der Waals surface area contributed by atoms with Gasteiger partial charge in [0, 0.05) is 25.2 Å². The summed E-state index contributed by atoms with van der Waals surface area (Å²) in [6.45, 7) is 6.87. The Kier molecular flexibility index (Phi) is 4.40. The van der Waals surface area contributed by atoms with Crippen molar-refractivity contribution >= 4 is 5.91 Å². The average Bonchev–Trinajstić information content (AvgIpc) is 3.11. The molecule has 17 heavy (non-hydrogen) atoms. The van der Waals surface area contributed by atoms with Gasteiger partial charge < -0.3 is 15.0 Å². The fourth-order valence-corrected chi connectivity index (χ4v) is 2.25. The van der Waals surface area contributed by atoms with E-state index in [0.717, 1.165) is 38.8 Å². The molecule has 1 saturated heterocycles. The first-order valence-electron chi connectivity index (χ1n) is 6.80. The second-order valence-electron chi connectivity index (χ2n) is 5.48. The lowest BCUT2D eigenvalue weighted by Gasteiger charge is -2.34. The highest BCUT2D eigenvalue weighted by Crippen LogP contribution is 2.19. The van der Waals surface area contributed by atoms with Gasteiger partial charge in [0.15, 0.2) is 0 Å². The summed E-state index contributed by atoms with van der Waals surface area (Å²) in [6, 6.07) is 1.06. The van der Waals surface area contributed by atoms with Gasteiger partial charge in [-0.2, -0.15) is 0 Å². The molecule has 0 spiro atoms. The molecule has 1 saturated carbocycles. The lowest BCUT2D eigenvalue weighted by molar-refractivity contribution is -0.129. The fourth-order valence-electron chi connectivity index (χ4n) is 2.25. The van der Waals surface area contributed by atoms with Crippen molar-refractivity contribution in [1.82, 2.24) is 10.2 Å². The van der Waals surface area contributed by atoms with Gasteiger partial charge in [-0.1, -0.05) is 0 Å². The number of carbonyl (C=O) groups excluding carboxylic acids is 1. The Bertz CT molecular complexity index is 256. The molecule has 0 aromatic rings. The third-order valence-electron chi connectivity index (χ3n) is 3.60. The minimum absolute atomic E-state index is 0.0544. The molecule has 1 amide bonds. The van der Waals surface area contributed by atoms with Crippen molar-refractivity contribution in [2.45, 2.75) is 57.7 Å². The number of hydrogen-bond donors (Lipinski definition) is 1. The molecule has 0 bridgehead atoms. The number of nitrogens with zero attached hydrogens (tertiary/aromatic N) is 1. The van der Waals surface area contributed by atoms with E-state index in [1.54, 1.807) is 0 Å².